The van der Waals surface area contributed by atoms with E-state index in [1.54, 1.807) is 6.20 Å². The Morgan fingerprint density at radius 3 is 2.90 bits per heavy atom. The van der Waals surface area contributed by atoms with Gasteiger partial charge in [0.25, 0.3) is 0 Å². The van der Waals surface area contributed by atoms with Crippen molar-refractivity contribution in [2.45, 2.75) is 51.9 Å². The van der Waals surface area contributed by atoms with Gasteiger partial charge in [-0.25, -0.2) is 4.98 Å². The molecule has 0 bridgehead atoms. The minimum absolute atomic E-state index is 0.0304. The molecule has 2 atom stereocenters. The van der Waals surface area contributed by atoms with Crippen LogP contribution in [0.5, 0.6) is 5.75 Å². The van der Waals surface area contributed by atoms with Crippen LogP contribution in [-0.4, -0.2) is 35.6 Å². The molecule has 1 aliphatic heterocycles. The second kappa shape index (κ2) is 9.33. The molecular weight excluding hydrogens is 364 g/mol. The van der Waals surface area contributed by atoms with Crippen LogP contribution in [0.25, 0.3) is 22.2 Å². The molecular formula is C24H28N2O3. The number of benzene rings is 1. The van der Waals surface area contributed by atoms with Crippen molar-refractivity contribution >= 4 is 10.9 Å². The molecule has 0 spiro atoms. The monoisotopic (exact) mass is 392 g/mol. The van der Waals surface area contributed by atoms with Crippen molar-refractivity contribution in [3.05, 3.63) is 54.4 Å². The van der Waals surface area contributed by atoms with Gasteiger partial charge in [-0.05, 0) is 68.5 Å². The van der Waals surface area contributed by atoms with Gasteiger partial charge in [0.15, 0.2) is 6.29 Å². The zero-order valence-corrected chi connectivity index (χ0v) is 17.1. The maximum absolute atomic E-state index is 6.06. The van der Waals surface area contributed by atoms with Gasteiger partial charge in [0.1, 0.15) is 12.4 Å². The normalized spacial score (nSPS) is 17.9. The molecule has 1 unspecified atom stereocenters. The highest BCUT2D eigenvalue weighted by Gasteiger charge is 2.19. The first-order chi connectivity index (χ1) is 14.2. The van der Waals surface area contributed by atoms with Crippen molar-refractivity contribution in [1.82, 2.24) is 9.97 Å². The first kappa shape index (κ1) is 19.8. The summed E-state index contributed by atoms with van der Waals surface area (Å²) in [5.41, 5.74) is 4.10. The van der Waals surface area contributed by atoms with E-state index in [9.17, 15) is 0 Å². The standard InChI is InChI=1S/C24H28N2O3/c1-3-19(29-24-6-4-5-13-27-24)16-28-20-8-10-22-18(14-20)7-9-23(26-22)21-15-25-12-11-17(21)2/h7-12,14-15,19,24H,3-6,13,16H2,1-2H3/t19-,24?/m1/s1. The predicted molar refractivity (Wildman–Crippen MR) is 114 cm³/mol. The van der Waals surface area contributed by atoms with Crippen molar-refractivity contribution < 1.29 is 14.2 Å². The average Bonchev–Trinajstić information content (AvgIpc) is 2.77. The van der Waals surface area contributed by atoms with Crippen LogP contribution in [0.3, 0.4) is 0 Å². The van der Waals surface area contributed by atoms with Crippen molar-refractivity contribution in [3.63, 3.8) is 0 Å². The molecule has 0 amide bonds. The van der Waals surface area contributed by atoms with Gasteiger partial charge < -0.3 is 14.2 Å². The van der Waals surface area contributed by atoms with E-state index in [2.05, 4.69) is 24.9 Å². The van der Waals surface area contributed by atoms with Crippen LogP contribution in [0, 0.1) is 6.92 Å². The molecule has 1 aromatic carbocycles. The summed E-state index contributed by atoms with van der Waals surface area (Å²) in [6.07, 6.45) is 7.76. The number of hydrogen-bond donors (Lipinski definition) is 0. The minimum Gasteiger partial charge on any atom is -0.491 e. The van der Waals surface area contributed by atoms with Gasteiger partial charge in [-0.15, -0.1) is 0 Å². The molecule has 0 radical (unpaired) electrons. The lowest BCUT2D eigenvalue weighted by Crippen LogP contribution is -2.31. The molecule has 3 heterocycles. The first-order valence-electron chi connectivity index (χ1n) is 10.4. The first-order valence-corrected chi connectivity index (χ1v) is 10.4. The molecule has 4 rings (SSSR count). The van der Waals surface area contributed by atoms with E-state index in [-0.39, 0.29) is 12.4 Å². The summed E-state index contributed by atoms with van der Waals surface area (Å²) in [7, 11) is 0. The fourth-order valence-electron chi connectivity index (χ4n) is 3.55. The van der Waals surface area contributed by atoms with Gasteiger partial charge in [0, 0.05) is 30.0 Å². The van der Waals surface area contributed by atoms with Gasteiger partial charge in [-0.1, -0.05) is 13.0 Å². The van der Waals surface area contributed by atoms with E-state index >= 15 is 0 Å². The van der Waals surface area contributed by atoms with Crippen LogP contribution >= 0.6 is 0 Å². The molecule has 0 N–H and O–H groups in total. The van der Waals surface area contributed by atoms with Gasteiger partial charge in [-0.3, -0.25) is 4.98 Å². The van der Waals surface area contributed by atoms with E-state index in [0.29, 0.717) is 6.61 Å². The van der Waals surface area contributed by atoms with Crippen LogP contribution in [0.1, 0.15) is 38.2 Å². The third-order valence-corrected chi connectivity index (χ3v) is 5.35. The van der Waals surface area contributed by atoms with E-state index < -0.39 is 0 Å². The lowest BCUT2D eigenvalue weighted by Gasteiger charge is -2.27. The van der Waals surface area contributed by atoms with Crippen molar-refractivity contribution in [2.24, 2.45) is 0 Å². The largest absolute Gasteiger partial charge is 0.491 e. The number of rotatable bonds is 7. The molecule has 1 aliphatic rings. The molecule has 0 aliphatic carbocycles. The SMILES string of the molecule is CC[C@H](COc1ccc2nc(-c3cnccc3C)ccc2c1)OC1CCCCO1. The van der Waals surface area contributed by atoms with E-state index in [1.165, 1.54) is 12.0 Å². The Morgan fingerprint density at radius 2 is 2.10 bits per heavy atom. The summed E-state index contributed by atoms with van der Waals surface area (Å²) in [4.78, 5) is 9.03. The number of nitrogens with zero attached hydrogens (tertiary/aromatic N) is 2. The predicted octanol–water partition coefficient (Wildman–Crippen LogP) is 5.31. The Balaban J connectivity index is 1.43. The molecule has 5 nitrogen and oxygen atoms in total. The Morgan fingerprint density at radius 1 is 1.17 bits per heavy atom. The number of pyridine rings is 2. The van der Waals surface area contributed by atoms with E-state index in [0.717, 1.165) is 53.8 Å². The van der Waals surface area contributed by atoms with Gasteiger partial charge >= 0.3 is 0 Å². The number of hydrogen-bond acceptors (Lipinski definition) is 5. The quantitative estimate of drug-likeness (QED) is 0.546. The van der Waals surface area contributed by atoms with E-state index in [1.807, 2.05) is 36.5 Å². The highest BCUT2D eigenvalue weighted by molar-refractivity contribution is 5.83. The summed E-state index contributed by atoms with van der Waals surface area (Å²) in [6.45, 7) is 5.50. The summed E-state index contributed by atoms with van der Waals surface area (Å²) in [5.74, 6) is 0.830. The third kappa shape index (κ3) is 4.92. The summed E-state index contributed by atoms with van der Waals surface area (Å²) < 4.78 is 17.8. The maximum atomic E-state index is 6.06. The van der Waals surface area contributed by atoms with Gasteiger partial charge in [-0.2, -0.15) is 0 Å². The summed E-state index contributed by atoms with van der Waals surface area (Å²) >= 11 is 0. The van der Waals surface area contributed by atoms with E-state index in [4.69, 9.17) is 19.2 Å². The summed E-state index contributed by atoms with van der Waals surface area (Å²) in [5, 5.41) is 1.05. The smallest absolute Gasteiger partial charge is 0.158 e. The molecule has 5 heteroatoms. The molecule has 152 valence electrons. The number of aryl methyl sites for hydroxylation is 1. The Kier molecular flexibility index (Phi) is 6.37. The lowest BCUT2D eigenvalue weighted by atomic mass is 10.1. The van der Waals surface area contributed by atoms with Gasteiger partial charge in [0.2, 0.25) is 0 Å². The third-order valence-electron chi connectivity index (χ3n) is 5.35. The van der Waals surface area contributed by atoms with Crippen LogP contribution < -0.4 is 4.74 Å². The van der Waals surface area contributed by atoms with Crippen LogP contribution in [0.2, 0.25) is 0 Å². The highest BCUT2D eigenvalue weighted by atomic mass is 16.7. The summed E-state index contributed by atoms with van der Waals surface area (Å²) in [6, 6.07) is 12.1. The maximum Gasteiger partial charge on any atom is 0.158 e. The van der Waals surface area contributed by atoms with Crippen molar-refractivity contribution in [3.8, 4) is 17.0 Å². The lowest BCUT2D eigenvalue weighted by molar-refractivity contribution is -0.193. The van der Waals surface area contributed by atoms with Crippen LogP contribution in [0.4, 0.5) is 0 Å². The fourth-order valence-corrected chi connectivity index (χ4v) is 3.55. The van der Waals surface area contributed by atoms with Crippen LogP contribution in [-0.2, 0) is 9.47 Å². The Labute approximate surface area is 172 Å². The fraction of sp³-hybridized carbons (Fsp3) is 0.417. The highest BCUT2D eigenvalue weighted by Crippen LogP contribution is 2.26. The number of ether oxygens (including phenoxy) is 3. The number of fused-ring (bicyclic) bond motifs is 1. The topological polar surface area (TPSA) is 53.5 Å². The zero-order chi connectivity index (χ0) is 20.1. The molecule has 0 saturated carbocycles. The second-order valence-electron chi connectivity index (χ2n) is 7.52. The number of aromatic nitrogens is 2. The van der Waals surface area contributed by atoms with Crippen molar-refractivity contribution in [1.29, 1.82) is 0 Å². The zero-order valence-electron chi connectivity index (χ0n) is 17.1. The Hall–Kier alpha value is -2.50. The Bertz CT molecular complexity index is 954. The molecule has 29 heavy (non-hydrogen) atoms. The van der Waals surface area contributed by atoms with Crippen LogP contribution in [0.15, 0.2) is 48.8 Å². The second-order valence-corrected chi connectivity index (χ2v) is 7.52. The molecule has 3 aromatic rings. The minimum atomic E-state index is -0.0903. The molecule has 1 saturated heterocycles. The molecule has 2 aromatic heterocycles. The molecule has 1 fully saturated rings. The average molecular weight is 392 g/mol. The van der Waals surface area contributed by atoms with Gasteiger partial charge in [0.05, 0.1) is 17.3 Å². The van der Waals surface area contributed by atoms with Crippen molar-refractivity contribution in [2.75, 3.05) is 13.2 Å².